The minimum Gasteiger partial charge on any atom is -0.505 e. The molecule has 0 fully saturated rings. The Kier molecular flexibility index (Phi) is 2.25. The molecule has 0 bridgehead atoms. The van der Waals surface area contributed by atoms with Gasteiger partial charge >= 0.3 is 0 Å². The van der Waals surface area contributed by atoms with Gasteiger partial charge in [-0.15, -0.1) is 11.3 Å². The van der Waals surface area contributed by atoms with Crippen LogP contribution >= 0.6 is 11.3 Å². The summed E-state index contributed by atoms with van der Waals surface area (Å²) in [7, 11) is 0. The monoisotopic (exact) mass is 208 g/mol. The van der Waals surface area contributed by atoms with Crippen molar-refractivity contribution in [1.82, 2.24) is 0 Å². The average Bonchev–Trinajstić information content (AvgIpc) is 2.57. The molecule has 2 rings (SSSR count). The lowest BCUT2D eigenvalue weighted by atomic mass is 10.1. The summed E-state index contributed by atoms with van der Waals surface area (Å²) in [6.45, 7) is 2.00. The summed E-state index contributed by atoms with van der Waals surface area (Å²) in [6, 6.07) is 6.36. The van der Waals surface area contributed by atoms with Gasteiger partial charge in [-0.3, -0.25) is 0 Å². The quantitative estimate of drug-likeness (QED) is 0.759. The van der Waals surface area contributed by atoms with Crippen LogP contribution < -0.4 is 0 Å². The molecule has 0 unspecified atom stereocenters. The normalized spacial score (nSPS) is 10.4. The van der Waals surface area contributed by atoms with Gasteiger partial charge in [0.1, 0.15) is 0 Å². The maximum absolute atomic E-state index is 12.8. The molecule has 1 aromatic heterocycles. The lowest BCUT2D eigenvalue weighted by Crippen LogP contribution is -1.80. The van der Waals surface area contributed by atoms with Gasteiger partial charge in [0.15, 0.2) is 11.6 Å². The highest BCUT2D eigenvalue weighted by molar-refractivity contribution is 7.10. The Bertz CT molecular complexity index is 462. The van der Waals surface area contributed by atoms with Gasteiger partial charge in [0, 0.05) is 4.88 Å². The number of phenols is 1. The number of hydrogen-bond donors (Lipinski definition) is 1. The fourth-order valence-electron chi connectivity index (χ4n) is 1.36. The van der Waals surface area contributed by atoms with E-state index in [2.05, 4.69) is 0 Å². The van der Waals surface area contributed by atoms with E-state index in [1.165, 1.54) is 12.1 Å². The van der Waals surface area contributed by atoms with E-state index in [1.54, 1.807) is 17.4 Å². The fourth-order valence-corrected chi connectivity index (χ4v) is 2.09. The van der Waals surface area contributed by atoms with Crippen LogP contribution in [0.1, 0.15) is 4.88 Å². The molecule has 2 aromatic rings. The number of rotatable bonds is 1. The zero-order chi connectivity index (χ0) is 10.1. The standard InChI is InChI=1S/C11H9FOS/c1-7-9(4-5-14-7)8-2-3-10(12)11(13)6-8/h2-6,13H,1H3. The minimum absolute atomic E-state index is 0.298. The number of benzene rings is 1. The Balaban J connectivity index is 2.53. The maximum atomic E-state index is 12.8. The van der Waals surface area contributed by atoms with Gasteiger partial charge in [0.05, 0.1) is 0 Å². The Morgan fingerprint density at radius 2 is 2.07 bits per heavy atom. The first-order chi connectivity index (χ1) is 6.68. The molecular weight excluding hydrogens is 199 g/mol. The molecule has 14 heavy (non-hydrogen) atoms. The molecule has 0 aliphatic heterocycles. The van der Waals surface area contributed by atoms with Crippen molar-refractivity contribution in [2.75, 3.05) is 0 Å². The summed E-state index contributed by atoms with van der Waals surface area (Å²) >= 11 is 1.63. The summed E-state index contributed by atoms with van der Waals surface area (Å²) < 4.78 is 12.8. The molecule has 0 radical (unpaired) electrons. The predicted molar refractivity (Wildman–Crippen MR) is 56.1 cm³/mol. The van der Waals surface area contributed by atoms with Crippen LogP contribution in [0.4, 0.5) is 4.39 Å². The number of halogens is 1. The van der Waals surface area contributed by atoms with Crippen LogP contribution in [0.5, 0.6) is 5.75 Å². The van der Waals surface area contributed by atoms with Crippen LogP contribution in [-0.2, 0) is 0 Å². The Morgan fingerprint density at radius 3 is 2.64 bits per heavy atom. The zero-order valence-electron chi connectivity index (χ0n) is 7.62. The Labute approximate surface area is 85.5 Å². The van der Waals surface area contributed by atoms with Crippen molar-refractivity contribution in [1.29, 1.82) is 0 Å². The number of phenolic OH excluding ortho intramolecular Hbond substituents is 1. The predicted octanol–water partition coefficient (Wildman–Crippen LogP) is 3.57. The molecule has 1 heterocycles. The molecule has 0 saturated carbocycles. The summed E-state index contributed by atoms with van der Waals surface area (Å²) in [4.78, 5) is 1.16. The van der Waals surface area contributed by atoms with Crippen LogP contribution in [0.3, 0.4) is 0 Å². The lowest BCUT2D eigenvalue weighted by Gasteiger charge is -2.01. The van der Waals surface area contributed by atoms with Crippen molar-refractivity contribution in [3.8, 4) is 16.9 Å². The van der Waals surface area contributed by atoms with Crippen molar-refractivity contribution in [3.63, 3.8) is 0 Å². The molecular formula is C11H9FOS. The first kappa shape index (κ1) is 9.21. The van der Waals surface area contributed by atoms with Crippen molar-refractivity contribution in [3.05, 3.63) is 40.3 Å². The molecule has 72 valence electrons. The SMILES string of the molecule is Cc1sccc1-c1ccc(F)c(O)c1. The van der Waals surface area contributed by atoms with E-state index in [0.29, 0.717) is 0 Å². The third kappa shape index (κ3) is 1.51. The van der Waals surface area contributed by atoms with Crippen LogP contribution in [-0.4, -0.2) is 5.11 Å². The maximum Gasteiger partial charge on any atom is 0.164 e. The topological polar surface area (TPSA) is 20.2 Å². The number of hydrogen-bond acceptors (Lipinski definition) is 2. The lowest BCUT2D eigenvalue weighted by molar-refractivity contribution is 0.433. The summed E-state index contributed by atoms with van der Waals surface area (Å²) in [5, 5.41) is 11.2. The van der Waals surface area contributed by atoms with E-state index < -0.39 is 5.82 Å². The third-order valence-corrected chi connectivity index (χ3v) is 2.96. The highest BCUT2D eigenvalue weighted by atomic mass is 32.1. The number of thiophene rings is 1. The van der Waals surface area contributed by atoms with Crippen LogP contribution in [0.2, 0.25) is 0 Å². The summed E-state index contributed by atoms with van der Waals surface area (Å²) in [5.41, 5.74) is 1.90. The summed E-state index contributed by atoms with van der Waals surface area (Å²) in [5.74, 6) is -0.880. The van der Waals surface area contributed by atoms with E-state index in [-0.39, 0.29) is 5.75 Å². The molecule has 0 aliphatic carbocycles. The average molecular weight is 208 g/mol. The van der Waals surface area contributed by atoms with E-state index in [4.69, 9.17) is 0 Å². The van der Waals surface area contributed by atoms with Crippen LogP contribution in [0.25, 0.3) is 11.1 Å². The zero-order valence-corrected chi connectivity index (χ0v) is 8.44. The first-order valence-electron chi connectivity index (χ1n) is 4.21. The van der Waals surface area contributed by atoms with Gasteiger partial charge in [-0.1, -0.05) is 6.07 Å². The van der Waals surface area contributed by atoms with Crippen molar-refractivity contribution in [2.45, 2.75) is 6.92 Å². The Morgan fingerprint density at radius 1 is 1.29 bits per heavy atom. The molecule has 1 N–H and O–H groups in total. The van der Waals surface area contributed by atoms with Crippen molar-refractivity contribution in [2.24, 2.45) is 0 Å². The van der Waals surface area contributed by atoms with E-state index >= 15 is 0 Å². The number of aromatic hydroxyl groups is 1. The molecule has 0 aliphatic rings. The second kappa shape index (κ2) is 3.42. The van der Waals surface area contributed by atoms with Crippen molar-refractivity contribution >= 4 is 11.3 Å². The minimum atomic E-state index is -0.582. The van der Waals surface area contributed by atoms with Gasteiger partial charge in [-0.2, -0.15) is 0 Å². The van der Waals surface area contributed by atoms with Crippen LogP contribution in [0.15, 0.2) is 29.6 Å². The summed E-state index contributed by atoms with van der Waals surface area (Å²) in [6.07, 6.45) is 0. The van der Waals surface area contributed by atoms with Gasteiger partial charge < -0.3 is 5.11 Å². The van der Waals surface area contributed by atoms with E-state index in [1.807, 2.05) is 18.4 Å². The fraction of sp³-hybridized carbons (Fsp3) is 0.0909. The number of aryl methyl sites for hydroxylation is 1. The molecule has 1 nitrogen and oxygen atoms in total. The molecule has 3 heteroatoms. The molecule has 0 amide bonds. The highest BCUT2D eigenvalue weighted by Gasteiger charge is 2.06. The largest absolute Gasteiger partial charge is 0.505 e. The first-order valence-corrected chi connectivity index (χ1v) is 5.09. The van der Waals surface area contributed by atoms with E-state index in [9.17, 15) is 9.50 Å². The molecule has 1 aromatic carbocycles. The second-order valence-electron chi connectivity index (χ2n) is 3.06. The molecule has 0 saturated heterocycles. The third-order valence-electron chi connectivity index (χ3n) is 2.12. The molecule has 0 atom stereocenters. The van der Waals surface area contributed by atoms with Crippen molar-refractivity contribution < 1.29 is 9.50 Å². The van der Waals surface area contributed by atoms with Gasteiger partial charge in [0.2, 0.25) is 0 Å². The second-order valence-corrected chi connectivity index (χ2v) is 4.18. The van der Waals surface area contributed by atoms with Gasteiger partial charge in [-0.05, 0) is 41.6 Å². The highest BCUT2D eigenvalue weighted by Crippen LogP contribution is 2.30. The smallest absolute Gasteiger partial charge is 0.164 e. The van der Waals surface area contributed by atoms with Crippen LogP contribution in [0, 0.1) is 12.7 Å². The van der Waals surface area contributed by atoms with Gasteiger partial charge in [0.25, 0.3) is 0 Å². The van der Waals surface area contributed by atoms with E-state index in [0.717, 1.165) is 16.0 Å². The Hall–Kier alpha value is -1.35. The van der Waals surface area contributed by atoms with Gasteiger partial charge in [-0.25, -0.2) is 4.39 Å². The molecule has 0 spiro atoms.